The molecule has 17 heavy (non-hydrogen) atoms. The second-order valence-electron chi connectivity index (χ2n) is 3.39. The monoisotopic (exact) mass is 261 g/mol. The maximum atomic E-state index is 9.54. The molecule has 0 saturated carbocycles. The quantitative estimate of drug-likeness (QED) is 0.392. The van der Waals surface area contributed by atoms with E-state index in [-0.39, 0.29) is 0 Å². The van der Waals surface area contributed by atoms with Crippen molar-refractivity contribution in [1.29, 1.82) is 0 Å². The molecule has 0 fully saturated rings. The predicted octanol–water partition coefficient (Wildman–Crippen LogP) is 0.356. The minimum absolute atomic E-state index is 0.345. The Morgan fingerprint density at radius 3 is 2.88 bits per heavy atom. The van der Waals surface area contributed by atoms with Gasteiger partial charge in [-0.25, -0.2) is 0 Å². The van der Waals surface area contributed by atoms with Crippen LogP contribution in [-0.4, -0.2) is 62.2 Å². The summed E-state index contributed by atoms with van der Waals surface area (Å²) < 4.78 is 10.4. The van der Waals surface area contributed by atoms with Gasteiger partial charge in [-0.3, -0.25) is 0 Å². The molecule has 0 aliphatic rings. The van der Waals surface area contributed by atoms with Gasteiger partial charge in [0.25, 0.3) is 0 Å². The average Bonchev–Trinajstić information content (AvgIpc) is 2.33. The highest BCUT2D eigenvalue weighted by Gasteiger charge is 2.02. The van der Waals surface area contributed by atoms with Gasteiger partial charge < -0.3 is 19.9 Å². The Morgan fingerprint density at radius 1 is 1.41 bits per heavy atom. The van der Waals surface area contributed by atoms with Crippen LogP contribution in [-0.2, 0) is 9.47 Å². The predicted molar refractivity (Wildman–Crippen MR) is 72.3 cm³/mol. The number of terminal acetylenes is 1. The van der Waals surface area contributed by atoms with Crippen LogP contribution in [0.5, 0.6) is 0 Å². The molecule has 0 spiro atoms. The molecule has 0 aliphatic carbocycles. The summed E-state index contributed by atoms with van der Waals surface area (Å²) in [7, 11) is 0. The number of rotatable bonds is 12. The number of hydrogen-bond acceptors (Lipinski definition) is 5. The molecule has 0 aromatic rings. The molecule has 0 radical (unpaired) electrons. The van der Waals surface area contributed by atoms with Gasteiger partial charge in [0.2, 0.25) is 0 Å². The van der Waals surface area contributed by atoms with Crippen molar-refractivity contribution in [2.45, 2.75) is 13.0 Å². The molecule has 2 N–H and O–H groups in total. The van der Waals surface area contributed by atoms with E-state index in [1.165, 1.54) is 0 Å². The highest BCUT2D eigenvalue weighted by atomic mass is 32.2. The summed E-state index contributed by atoms with van der Waals surface area (Å²) in [6, 6.07) is 0. The molecule has 4 nitrogen and oxygen atoms in total. The molecule has 0 heterocycles. The maximum absolute atomic E-state index is 9.54. The number of nitrogens with one attached hydrogen (secondary N) is 1. The molecule has 100 valence electrons. The fourth-order valence-electron chi connectivity index (χ4n) is 1.08. The first-order valence-electron chi connectivity index (χ1n) is 5.86. The third-order valence-electron chi connectivity index (χ3n) is 1.87. The van der Waals surface area contributed by atoms with Crippen LogP contribution in [0.1, 0.15) is 6.92 Å². The molecule has 5 heteroatoms. The van der Waals surface area contributed by atoms with Gasteiger partial charge >= 0.3 is 0 Å². The van der Waals surface area contributed by atoms with Crippen molar-refractivity contribution >= 4 is 11.8 Å². The average molecular weight is 261 g/mol. The summed E-state index contributed by atoms with van der Waals surface area (Å²) in [5, 5.41) is 12.7. The molecule has 0 bridgehead atoms. The van der Waals surface area contributed by atoms with Gasteiger partial charge in [0.1, 0.15) is 0 Å². The van der Waals surface area contributed by atoms with E-state index >= 15 is 0 Å². The zero-order valence-electron chi connectivity index (χ0n) is 10.5. The molecule has 1 atom stereocenters. The van der Waals surface area contributed by atoms with Gasteiger partial charge in [-0.2, -0.15) is 0 Å². The zero-order valence-corrected chi connectivity index (χ0v) is 11.3. The van der Waals surface area contributed by atoms with Gasteiger partial charge in [0.15, 0.2) is 0 Å². The lowest BCUT2D eigenvalue weighted by atomic mass is 10.4. The standard InChI is InChI=1S/C12H23NO3S/c1-3-8-17-9-5-13-10-12(14)11-16-7-6-15-4-2/h1,12-14H,4-11H2,2H3. The van der Waals surface area contributed by atoms with Gasteiger partial charge in [-0.15, -0.1) is 18.2 Å². The first-order chi connectivity index (χ1) is 8.31. The first kappa shape index (κ1) is 16.8. The van der Waals surface area contributed by atoms with Gasteiger partial charge in [-0.1, -0.05) is 5.92 Å². The Morgan fingerprint density at radius 2 is 2.18 bits per heavy atom. The van der Waals surface area contributed by atoms with Crippen LogP contribution in [0, 0.1) is 12.3 Å². The summed E-state index contributed by atoms with van der Waals surface area (Å²) >= 11 is 1.70. The van der Waals surface area contributed by atoms with Crippen LogP contribution in [0.15, 0.2) is 0 Å². The fraction of sp³-hybridized carbons (Fsp3) is 0.833. The third-order valence-corrected chi connectivity index (χ3v) is 2.74. The van der Waals surface area contributed by atoms with E-state index in [9.17, 15) is 5.11 Å². The van der Waals surface area contributed by atoms with Crippen molar-refractivity contribution in [3.05, 3.63) is 0 Å². The lowest BCUT2D eigenvalue weighted by Gasteiger charge is -2.12. The molecule has 0 aromatic heterocycles. The Labute approximate surface area is 108 Å². The Hall–Kier alpha value is -0.250. The summed E-state index contributed by atoms with van der Waals surface area (Å²) in [6.07, 6.45) is 4.66. The van der Waals surface area contributed by atoms with E-state index in [4.69, 9.17) is 15.9 Å². The number of ether oxygens (including phenoxy) is 2. The lowest BCUT2D eigenvalue weighted by Crippen LogP contribution is -2.32. The van der Waals surface area contributed by atoms with E-state index in [2.05, 4.69) is 11.2 Å². The smallest absolute Gasteiger partial charge is 0.0897 e. The van der Waals surface area contributed by atoms with E-state index in [0.29, 0.717) is 33.0 Å². The Bertz CT molecular complexity index is 197. The fourth-order valence-corrected chi connectivity index (χ4v) is 1.64. The van der Waals surface area contributed by atoms with Crippen LogP contribution in [0.4, 0.5) is 0 Å². The highest BCUT2D eigenvalue weighted by molar-refractivity contribution is 7.99. The van der Waals surface area contributed by atoms with Crippen LogP contribution >= 0.6 is 11.8 Å². The molecule has 0 rings (SSSR count). The van der Waals surface area contributed by atoms with Crippen molar-refractivity contribution in [3.8, 4) is 12.3 Å². The number of aliphatic hydroxyl groups is 1. The summed E-state index contributed by atoms with van der Waals surface area (Å²) in [5.41, 5.74) is 0. The summed E-state index contributed by atoms with van der Waals surface area (Å²) in [5.74, 6) is 4.27. The second kappa shape index (κ2) is 13.8. The normalized spacial score (nSPS) is 12.3. The van der Waals surface area contributed by atoms with E-state index < -0.39 is 6.10 Å². The van der Waals surface area contributed by atoms with Gasteiger partial charge in [0.05, 0.1) is 31.7 Å². The van der Waals surface area contributed by atoms with Crippen molar-refractivity contribution in [2.75, 3.05) is 51.0 Å². The number of hydrogen-bond donors (Lipinski definition) is 2. The molecular weight excluding hydrogens is 238 g/mol. The Kier molecular flexibility index (Phi) is 13.6. The van der Waals surface area contributed by atoms with Crippen LogP contribution in [0.2, 0.25) is 0 Å². The summed E-state index contributed by atoms with van der Waals surface area (Å²) in [4.78, 5) is 0. The van der Waals surface area contributed by atoms with Crippen molar-refractivity contribution in [2.24, 2.45) is 0 Å². The van der Waals surface area contributed by atoms with Gasteiger partial charge in [0, 0.05) is 25.4 Å². The second-order valence-corrected chi connectivity index (χ2v) is 4.49. The Balaban J connectivity index is 3.12. The molecule has 1 unspecified atom stereocenters. The maximum Gasteiger partial charge on any atom is 0.0897 e. The number of aliphatic hydroxyl groups excluding tert-OH is 1. The highest BCUT2D eigenvalue weighted by Crippen LogP contribution is 1.95. The van der Waals surface area contributed by atoms with Crippen LogP contribution < -0.4 is 5.32 Å². The largest absolute Gasteiger partial charge is 0.389 e. The van der Waals surface area contributed by atoms with E-state index in [1.807, 2.05) is 6.92 Å². The zero-order chi connectivity index (χ0) is 12.8. The van der Waals surface area contributed by atoms with E-state index in [0.717, 1.165) is 18.1 Å². The molecular formula is C12H23NO3S. The molecule has 0 aromatic carbocycles. The molecule has 0 aliphatic heterocycles. The minimum Gasteiger partial charge on any atom is -0.389 e. The van der Waals surface area contributed by atoms with Crippen molar-refractivity contribution < 1.29 is 14.6 Å². The molecule has 0 saturated heterocycles. The summed E-state index contributed by atoms with van der Waals surface area (Å²) in [6.45, 7) is 5.49. The van der Waals surface area contributed by atoms with Crippen molar-refractivity contribution in [3.63, 3.8) is 0 Å². The SMILES string of the molecule is C#CCSCCNCC(O)COCCOCC. The topological polar surface area (TPSA) is 50.7 Å². The van der Waals surface area contributed by atoms with Gasteiger partial charge in [-0.05, 0) is 6.92 Å². The first-order valence-corrected chi connectivity index (χ1v) is 7.02. The van der Waals surface area contributed by atoms with E-state index in [1.54, 1.807) is 11.8 Å². The molecule has 0 amide bonds. The lowest BCUT2D eigenvalue weighted by molar-refractivity contribution is 0.00669. The minimum atomic E-state index is -0.464. The third kappa shape index (κ3) is 13.7. The van der Waals surface area contributed by atoms with Crippen LogP contribution in [0.25, 0.3) is 0 Å². The van der Waals surface area contributed by atoms with Crippen molar-refractivity contribution in [1.82, 2.24) is 5.32 Å². The van der Waals surface area contributed by atoms with Crippen LogP contribution in [0.3, 0.4) is 0 Å². The number of thioether (sulfide) groups is 1.